The van der Waals surface area contributed by atoms with Crippen molar-refractivity contribution in [1.82, 2.24) is 0 Å². The molecule has 0 amide bonds. The van der Waals surface area contributed by atoms with E-state index in [0.717, 1.165) is 31.0 Å². The molecule has 0 N–H and O–H groups in total. The zero-order valence-electron chi connectivity index (χ0n) is 13.7. The monoisotopic (exact) mass is 375 g/mol. The highest BCUT2D eigenvalue weighted by Crippen LogP contribution is 2.45. The van der Waals surface area contributed by atoms with Gasteiger partial charge in [0.15, 0.2) is 0 Å². The van der Waals surface area contributed by atoms with Crippen LogP contribution < -0.4 is 0 Å². The molecule has 2 aliphatic rings. The van der Waals surface area contributed by atoms with Gasteiger partial charge in [-0.1, -0.05) is 6.07 Å². The summed E-state index contributed by atoms with van der Waals surface area (Å²) in [6, 6.07) is 7.28. The second-order valence-electron chi connectivity index (χ2n) is 6.50. The lowest BCUT2D eigenvalue weighted by Gasteiger charge is -2.11. The van der Waals surface area contributed by atoms with Gasteiger partial charge in [0.25, 0.3) is 5.69 Å². The van der Waals surface area contributed by atoms with Gasteiger partial charge >= 0.3 is 12.1 Å². The number of nitrogens with zero attached hydrogens (tertiary/aromatic N) is 1. The number of carbonyl (C=O) groups excluding carboxylic acids is 1. The molecule has 5 nitrogen and oxygen atoms in total. The minimum Gasteiger partial charge on any atom is -0.422 e. The van der Waals surface area contributed by atoms with E-state index in [-0.39, 0.29) is 22.9 Å². The van der Waals surface area contributed by atoms with Crippen molar-refractivity contribution in [1.29, 1.82) is 0 Å². The smallest absolute Gasteiger partial charge is 0.416 e. The van der Waals surface area contributed by atoms with Crippen LogP contribution in [0.4, 0.5) is 18.9 Å². The second-order valence-corrected chi connectivity index (χ2v) is 6.50. The Hall–Kier alpha value is -3.16. The molecule has 1 saturated carbocycles. The van der Waals surface area contributed by atoms with Gasteiger partial charge in [-0.25, -0.2) is 4.79 Å². The van der Waals surface area contributed by atoms with E-state index in [0.29, 0.717) is 16.7 Å². The van der Waals surface area contributed by atoms with Crippen LogP contribution in [0.3, 0.4) is 0 Å². The number of rotatable bonds is 3. The first-order chi connectivity index (χ1) is 12.7. The lowest BCUT2D eigenvalue weighted by atomic mass is 9.98. The third kappa shape index (κ3) is 3.18. The first-order valence-corrected chi connectivity index (χ1v) is 8.18. The van der Waals surface area contributed by atoms with E-state index in [1.165, 1.54) is 24.3 Å². The Balaban J connectivity index is 1.78. The fraction of sp³-hybridized carbons (Fsp3) is 0.211. The molecule has 2 aromatic rings. The molecular weight excluding hydrogens is 363 g/mol. The summed E-state index contributed by atoms with van der Waals surface area (Å²) in [5, 5.41) is 10.9. The summed E-state index contributed by atoms with van der Waals surface area (Å²) in [7, 11) is 0. The molecule has 4 rings (SSSR count). The molecule has 0 saturated heterocycles. The highest BCUT2D eigenvalue weighted by molar-refractivity contribution is 6.06. The minimum atomic E-state index is -4.43. The molecule has 0 spiro atoms. The van der Waals surface area contributed by atoms with Crippen molar-refractivity contribution in [3.05, 3.63) is 74.3 Å². The molecule has 1 fully saturated rings. The van der Waals surface area contributed by atoms with Gasteiger partial charge in [-0.15, -0.1) is 0 Å². The van der Waals surface area contributed by atoms with Crippen molar-refractivity contribution in [3.8, 4) is 0 Å². The average Bonchev–Trinajstić information content (AvgIpc) is 3.40. The van der Waals surface area contributed by atoms with Crippen LogP contribution in [0.25, 0.3) is 11.8 Å². The number of hydrogen-bond acceptors (Lipinski definition) is 4. The van der Waals surface area contributed by atoms with Gasteiger partial charge in [-0.3, -0.25) is 10.1 Å². The van der Waals surface area contributed by atoms with Crippen LogP contribution >= 0.6 is 0 Å². The van der Waals surface area contributed by atoms with E-state index in [1.807, 2.05) is 0 Å². The number of halogens is 3. The number of nitro benzene ring substituents is 1. The summed E-state index contributed by atoms with van der Waals surface area (Å²) < 4.78 is 44.2. The molecule has 8 heteroatoms. The predicted molar refractivity (Wildman–Crippen MR) is 89.8 cm³/mol. The zero-order chi connectivity index (χ0) is 19.3. The summed E-state index contributed by atoms with van der Waals surface area (Å²) in [5.41, 5.74) is 0.594. The summed E-state index contributed by atoms with van der Waals surface area (Å²) in [6.07, 6.45) is -1.30. The van der Waals surface area contributed by atoms with Gasteiger partial charge in [0.1, 0.15) is 5.76 Å². The highest BCUT2D eigenvalue weighted by atomic mass is 19.4. The number of alkyl halides is 3. The number of esters is 1. The van der Waals surface area contributed by atoms with Gasteiger partial charge in [0.05, 0.1) is 16.1 Å². The summed E-state index contributed by atoms with van der Waals surface area (Å²) >= 11 is 0. The molecule has 27 heavy (non-hydrogen) atoms. The number of non-ortho nitro benzene ring substituents is 1. The average molecular weight is 375 g/mol. The molecule has 0 atom stereocenters. The SMILES string of the molecule is O=C1OC(=Cc2ccc(C(F)(F)F)cc2C2CC2)c2ccc([N+](=O)[O-])cc21. The van der Waals surface area contributed by atoms with E-state index < -0.39 is 22.6 Å². The Morgan fingerprint density at radius 1 is 1.11 bits per heavy atom. The van der Waals surface area contributed by atoms with E-state index in [9.17, 15) is 28.1 Å². The number of carbonyl (C=O) groups is 1. The molecule has 1 aliphatic carbocycles. The third-order valence-corrected chi connectivity index (χ3v) is 4.62. The van der Waals surface area contributed by atoms with E-state index >= 15 is 0 Å². The molecule has 1 aliphatic heterocycles. The Labute approximate surface area is 151 Å². The van der Waals surface area contributed by atoms with Crippen molar-refractivity contribution in [3.63, 3.8) is 0 Å². The minimum absolute atomic E-state index is 0.0487. The van der Waals surface area contributed by atoms with Crippen LogP contribution in [0.5, 0.6) is 0 Å². The molecule has 0 radical (unpaired) electrons. The molecular formula is C19H12F3NO4. The number of fused-ring (bicyclic) bond motifs is 1. The molecule has 0 aromatic heterocycles. The number of hydrogen-bond donors (Lipinski definition) is 0. The van der Waals surface area contributed by atoms with Crippen LogP contribution in [0, 0.1) is 10.1 Å². The molecule has 0 unspecified atom stereocenters. The van der Waals surface area contributed by atoms with Gasteiger partial charge in [0.2, 0.25) is 0 Å². The maximum Gasteiger partial charge on any atom is 0.416 e. The van der Waals surface area contributed by atoms with Crippen molar-refractivity contribution < 1.29 is 27.6 Å². The van der Waals surface area contributed by atoms with Crippen LogP contribution in [0.1, 0.15) is 51.4 Å². The number of benzene rings is 2. The van der Waals surface area contributed by atoms with E-state index in [2.05, 4.69) is 0 Å². The quantitative estimate of drug-likeness (QED) is 0.422. The standard InChI is InChI=1S/C19H12F3NO4/c20-19(21,22)12-4-3-11(15(8-12)10-1-2-10)7-17-14-6-5-13(23(25)26)9-16(14)18(24)27-17/h3-10H,1-2H2. The van der Waals surface area contributed by atoms with Crippen LogP contribution in [-0.2, 0) is 10.9 Å². The van der Waals surface area contributed by atoms with Crippen LogP contribution in [0.15, 0.2) is 36.4 Å². The molecule has 138 valence electrons. The van der Waals surface area contributed by atoms with Crippen LogP contribution in [-0.4, -0.2) is 10.9 Å². The van der Waals surface area contributed by atoms with E-state index in [1.54, 1.807) is 0 Å². The Bertz CT molecular complexity index is 1010. The van der Waals surface area contributed by atoms with Crippen molar-refractivity contribution in [2.24, 2.45) is 0 Å². The predicted octanol–water partition coefficient (Wildman–Crippen LogP) is 5.16. The van der Waals surface area contributed by atoms with Crippen molar-refractivity contribution >= 4 is 23.5 Å². The Morgan fingerprint density at radius 3 is 2.48 bits per heavy atom. The zero-order valence-corrected chi connectivity index (χ0v) is 13.7. The maximum atomic E-state index is 13.0. The third-order valence-electron chi connectivity index (χ3n) is 4.62. The molecule has 1 heterocycles. The highest BCUT2D eigenvalue weighted by Gasteiger charge is 2.34. The molecule has 0 bridgehead atoms. The Morgan fingerprint density at radius 2 is 1.85 bits per heavy atom. The Kier molecular flexibility index (Phi) is 3.80. The maximum absolute atomic E-state index is 13.0. The van der Waals surface area contributed by atoms with Gasteiger partial charge in [-0.05, 0) is 54.2 Å². The number of nitro groups is 1. The number of cyclic esters (lactones) is 1. The largest absolute Gasteiger partial charge is 0.422 e. The van der Waals surface area contributed by atoms with Gasteiger partial charge in [0, 0.05) is 17.7 Å². The first kappa shape index (κ1) is 17.3. The summed E-state index contributed by atoms with van der Waals surface area (Å²) in [4.78, 5) is 22.3. The van der Waals surface area contributed by atoms with Gasteiger partial charge in [-0.2, -0.15) is 13.2 Å². The topological polar surface area (TPSA) is 69.4 Å². The summed E-state index contributed by atoms with van der Waals surface area (Å²) in [5.74, 6) is -0.501. The molecule has 2 aromatic carbocycles. The fourth-order valence-electron chi connectivity index (χ4n) is 3.12. The number of ether oxygens (including phenoxy) is 1. The van der Waals surface area contributed by atoms with Gasteiger partial charge < -0.3 is 4.74 Å². The fourth-order valence-corrected chi connectivity index (χ4v) is 3.12. The second kappa shape index (κ2) is 5.94. The van der Waals surface area contributed by atoms with Crippen molar-refractivity contribution in [2.75, 3.05) is 0 Å². The normalized spacial score (nSPS) is 17.7. The lowest BCUT2D eigenvalue weighted by molar-refractivity contribution is -0.384. The van der Waals surface area contributed by atoms with Crippen molar-refractivity contribution in [2.45, 2.75) is 24.9 Å². The first-order valence-electron chi connectivity index (χ1n) is 8.18. The summed E-state index contributed by atoms with van der Waals surface area (Å²) in [6.45, 7) is 0. The van der Waals surface area contributed by atoms with E-state index in [4.69, 9.17) is 4.74 Å². The lowest BCUT2D eigenvalue weighted by Crippen LogP contribution is -2.06. The van der Waals surface area contributed by atoms with Crippen LogP contribution in [0.2, 0.25) is 0 Å².